The van der Waals surface area contributed by atoms with Crippen LogP contribution >= 0.6 is 11.3 Å². The van der Waals surface area contributed by atoms with Gasteiger partial charge in [0.1, 0.15) is 5.71 Å². The number of benzene rings is 1. The first kappa shape index (κ1) is 13.6. The van der Waals surface area contributed by atoms with Crippen LogP contribution in [0, 0.1) is 11.8 Å². The number of thiophene rings is 1. The molecule has 0 bridgehead atoms. The second-order valence-corrected chi connectivity index (χ2v) is 6.04. The highest BCUT2D eigenvalue weighted by molar-refractivity contribution is 7.08. The van der Waals surface area contributed by atoms with Crippen LogP contribution in [0.2, 0.25) is 0 Å². The van der Waals surface area contributed by atoms with Crippen LogP contribution in [0.4, 0.5) is 0 Å². The van der Waals surface area contributed by atoms with Gasteiger partial charge in [-0.3, -0.25) is 4.99 Å². The van der Waals surface area contributed by atoms with Gasteiger partial charge in [-0.1, -0.05) is 24.1 Å². The van der Waals surface area contributed by atoms with E-state index in [1.54, 1.807) is 11.3 Å². The van der Waals surface area contributed by atoms with Gasteiger partial charge in [-0.15, -0.1) is 0 Å². The highest BCUT2D eigenvalue weighted by Crippen LogP contribution is 2.13. The van der Waals surface area contributed by atoms with E-state index in [4.69, 9.17) is 4.99 Å². The van der Waals surface area contributed by atoms with Crippen LogP contribution in [0.25, 0.3) is 0 Å². The molecule has 2 rings (SSSR count). The van der Waals surface area contributed by atoms with Gasteiger partial charge in [-0.2, -0.15) is 11.3 Å². The zero-order chi connectivity index (χ0) is 13.7. The number of rotatable bonds is 1. The Bertz CT molecular complexity index is 605. The summed E-state index contributed by atoms with van der Waals surface area (Å²) in [6, 6.07) is 12.1. The molecule has 0 unspecified atom stereocenters. The second kappa shape index (κ2) is 5.86. The second-order valence-electron chi connectivity index (χ2n) is 5.26. The molecule has 0 N–H and O–H groups in total. The largest absolute Gasteiger partial charge is 0.270 e. The Morgan fingerprint density at radius 3 is 2.42 bits per heavy atom. The maximum absolute atomic E-state index is 4.72. The fourth-order valence-electron chi connectivity index (χ4n) is 1.55. The predicted octanol–water partition coefficient (Wildman–Crippen LogP) is 4.39. The molecule has 0 saturated carbocycles. The van der Waals surface area contributed by atoms with Gasteiger partial charge >= 0.3 is 0 Å². The Balaban J connectivity index is 2.36. The van der Waals surface area contributed by atoms with E-state index in [0.717, 1.165) is 16.8 Å². The lowest BCUT2D eigenvalue weighted by molar-refractivity contribution is 0.585. The van der Waals surface area contributed by atoms with Crippen molar-refractivity contribution in [1.82, 2.24) is 0 Å². The Hall–Kier alpha value is -1.85. The normalized spacial score (nSPS) is 11.8. The number of hydrogen-bond donors (Lipinski definition) is 0. The first-order valence-electron chi connectivity index (χ1n) is 6.24. The third kappa shape index (κ3) is 4.39. The van der Waals surface area contributed by atoms with E-state index in [-0.39, 0.29) is 5.54 Å². The number of nitrogens with zero attached hydrogens (tertiary/aromatic N) is 1. The summed E-state index contributed by atoms with van der Waals surface area (Å²) >= 11 is 1.67. The zero-order valence-corrected chi connectivity index (χ0v) is 12.3. The molecule has 96 valence electrons. The zero-order valence-electron chi connectivity index (χ0n) is 11.5. The molecule has 0 spiro atoms. The van der Waals surface area contributed by atoms with Crippen molar-refractivity contribution in [3.05, 3.63) is 58.3 Å². The topological polar surface area (TPSA) is 12.4 Å². The van der Waals surface area contributed by atoms with Gasteiger partial charge in [-0.05, 0) is 50.3 Å². The van der Waals surface area contributed by atoms with Gasteiger partial charge in [0.25, 0.3) is 0 Å². The minimum absolute atomic E-state index is 0.122. The fourth-order valence-corrected chi connectivity index (χ4v) is 2.19. The van der Waals surface area contributed by atoms with E-state index in [9.17, 15) is 0 Å². The first-order valence-corrected chi connectivity index (χ1v) is 7.18. The number of hydrogen-bond acceptors (Lipinski definition) is 2. The monoisotopic (exact) mass is 267 g/mol. The van der Waals surface area contributed by atoms with Crippen molar-refractivity contribution in [3.8, 4) is 11.8 Å². The van der Waals surface area contributed by atoms with Crippen LogP contribution in [-0.2, 0) is 0 Å². The maximum atomic E-state index is 4.72. The van der Waals surface area contributed by atoms with Crippen molar-refractivity contribution in [3.63, 3.8) is 0 Å². The van der Waals surface area contributed by atoms with Gasteiger partial charge in [0, 0.05) is 16.5 Å². The van der Waals surface area contributed by atoms with E-state index >= 15 is 0 Å². The molecule has 19 heavy (non-hydrogen) atoms. The minimum atomic E-state index is -0.122. The highest BCUT2D eigenvalue weighted by Gasteiger charge is 2.10. The van der Waals surface area contributed by atoms with Gasteiger partial charge in [0.05, 0.1) is 5.54 Å². The van der Waals surface area contributed by atoms with Gasteiger partial charge in [0.15, 0.2) is 0 Å². The molecule has 0 saturated heterocycles. The summed E-state index contributed by atoms with van der Waals surface area (Å²) in [5.74, 6) is 6.38. The van der Waals surface area contributed by atoms with Crippen LogP contribution < -0.4 is 0 Å². The SMILES string of the molecule is CC(C)(C)N=C(C#Cc1ccccc1)c1ccsc1. The first-order chi connectivity index (χ1) is 9.04. The van der Waals surface area contributed by atoms with Gasteiger partial charge in [0.2, 0.25) is 0 Å². The quantitative estimate of drug-likeness (QED) is 0.537. The molecular formula is C17H17NS. The third-order valence-corrected chi connectivity index (χ3v) is 3.02. The van der Waals surface area contributed by atoms with Crippen molar-refractivity contribution in [1.29, 1.82) is 0 Å². The maximum Gasteiger partial charge on any atom is 0.116 e. The highest BCUT2D eigenvalue weighted by atomic mass is 32.1. The summed E-state index contributed by atoms with van der Waals surface area (Å²) in [5, 5.41) is 4.14. The van der Waals surface area contributed by atoms with Crippen LogP contribution in [0.3, 0.4) is 0 Å². The van der Waals surface area contributed by atoms with E-state index < -0.39 is 0 Å². The van der Waals surface area contributed by atoms with Crippen molar-refractivity contribution >= 4 is 17.0 Å². The molecule has 0 atom stereocenters. The molecule has 1 nitrogen and oxygen atoms in total. The molecule has 0 aliphatic carbocycles. The summed E-state index contributed by atoms with van der Waals surface area (Å²) in [7, 11) is 0. The lowest BCUT2D eigenvalue weighted by Crippen LogP contribution is -2.13. The molecule has 0 aliphatic rings. The molecule has 0 amide bonds. The Labute approximate surface area is 119 Å². The Kier molecular flexibility index (Phi) is 4.19. The fraction of sp³-hybridized carbons (Fsp3) is 0.235. The van der Waals surface area contributed by atoms with Gasteiger partial charge in [-0.25, -0.2) is 0 Å². The number of aliphatic imine (C=N–C) groups is 1. The van der Waals surface area contributed by atoms with E-state index in [2.05, 4.69) is 49.4 Å². The average molecular weight is 267 g/mol. The van der Waals surface area contributed by atoms with Crippen molar-refractivity contribution in [2.45, 2.75) is 26.3 Å². The van der Waals surface area contributed by atoms with Crippen LogP contribution in [-0.4, -0.2) is 11.3 Å². The molecule has 1 heterocycles. The summed E-state index contributed by atoms with van der Waals surface area (Å²) < 4.78 is 0. The smallest absolute Gasteiger partial charge is 0.116 e. The Morgan fingerprint density at radius 2 is 1.84 bits per heavy atom. The van der Waals surface area contributed by atoms with E-state index in [0.29, 0.717) is 0 Å². The molecule has 0 radical (unpaired) electrons. The minimum Gasteiger partial charge on any atom is -0.270 e. The third-order valence-electron chi connectivity index (χ3n) is 2.34. The molecule has 1 aromatic carbocycles. The predicted molar refractivity (Wildman–Crippen MR) is 83.9 cm³/mol. The van der Waals surface area contributed by atoms with Crippen molar-refractivity contribution in [2.24, 2.45) is 4.99 Å². The molecular weight excluding hydrogens is 250 g/mol. The standard InChI is InChI=1S/C17H17NS/c1-17(2,3)18-16(15-11-12-19-13-15)10-9-14-7-5-4-6-8-14/h4-8,11-13H,1-3H3. The lowest BCUT2D eigenvalue weighted by atomic mass is 10.1. The summed E-state index contributed by atoms with van der Waals surface area (Å²) in [5.41, 5.74) is 2.85. The van der Waals surface area contributed by atoms with E-state index in [1.807, 2.05) is 30.3 Å². The van der Waals surface area contributed by atoms with Gasteiger partial charge < -0.3 is 0 Å². The summed E-state index contributed by atoms with van der Waals surface area (Å²) in [4.78, 5) is 4.72. The van der Waals surface area contributed by atoms with Crippen molar-refractivity contribution < 1.29 is 0 Å². The average Bonchev–Trinajstić information content (AvgIpc) is 2.88. The summed E-state index contributed by atoms with van der Waals surface area (Å²) in [6.07, 6.45) is 0. The lowest BCUT2D eigenvalue weighted by Gasteiger charge is -2.12. The molecule has 2 aromatic rings. The van der Waals surface area contributed by atoms with Crippen LogP contribution in [0.5, 0.6) is 0 Å². The molecule has 2 heteroatoms. The van der Waals surface area contributed by atoms with Crippen LogP contribution in [0.15, 0.2) is 52.2 Å². The van der Waals surface area contributed by atoms with E-state index in [1.165, 1.54) is 0 Å². The molecule has 1 aromatic heterocycles. The van der Waals surface area contributed by atoms with Crippen molar-refractivity contribution in [2.75, 3.05) is 0 Å². The summed E-state index contributed by atoms with van der Waals surface area (Å²) in [6.45, 7) is 6.26. The molecule has 0 fully saturated rings. The van der Waals surface area contributed by atoms with Crippen LogP contribution in [0.1, 0.15) is 31.9 Å². The Morgan fingerprint density at radius 1 is 1.11 bits per heavy atom. The molecule has 0 aliphatic heterocycles.